The van der Waals surface area contributed by atoms with Crippen molar-refractivity contribution in [3.8, 4) is 0 Å². The lowest BCUT2D eigenvalue weighted by molar-refractivity contribution is 0.0527. The van der Waals surface area contributed by atoms with E-state index in [4.69, 9.17) is 9.26 Å². The second kappa shape index (κ2) is 8.09. The Labute approximate surface area is 154 Å². The van der Waals surface area contributed by atoms with Crippen molar-refractivity contribution in [2.24, 2.45) is 0 Å². The maximum Gasteiger partial charge on any atom is 0.340 e. The molecular formula is C18H17N5O4. The van der Waals surface area contributed by atoms with E-state index < -0.39 is 11.9 Å². The summed E-state index contributed by atoms with van der Waals surface area (Å²) in [4.78, 5) is 32.6. The van der Waals surface area contributed by atoms with E-state index in [1.807, 2.05) is 0 Å². The Balaban J connectivity index is 1.71. The molecule has 1 amide bonds. The zero-order valence-corrected chi connectivity index (χ0v) is 14.7. The molecular weight excluding hydrogens is 350 g/mol. The predicted octanol–water partition coefficient (Wildman–Crippen LogP) is 2.95. The Kier molecular flexibility index (Phi) is 5.41. The van der Waals surface area contributed by atoms with Crippen LogP contribution in [0.2, 0.25) is 0 Å². The number of aromatic nitrogens is 3. The molecule has 0 fully saturated rings. The Bertz CT molecular complexity index is 952. The minimum atomic E-state index is -0.507. The van der Waals surface area contributed by atoms with Gasteiger partial charge in [0, 0.05) is 18.5 Å². The van der Waals surface area contributed by atoms with E-state index in [9.17, 15) is 9.59 Å². The van der Waals surface area contributed by atoms with E-state index in [2.05, 4.69) is 25.8 Å². The van der Waals surface area contributed by atoms with Crippen LogP contribution in [-0.4, -0.2) is 33.6 Å². The lowest BCUT2D eigenvalue weighted by Crippen LogP contribution is -2.16. The van der Waals surface area contributed by atoms with Crippen LogP contribution in [0, 0.1) is 6.92 Å². The topological polar surface area (TPSA) is 119 Å². The molecule has 0 spiro atoms. The Morgan fingerprint density at radius 1 is 1.19 bits per heavy atom. The highest BCUT2D eigenvalue weighted by Gasteiger charge is 2.15. The second-order valence-electron chi connectivity index (χ2n) is 5.46. The number of hydrogen-bond donors (Lipinski definition) is 2. The first-order chi connectivity index (χ1) is 13.1. The van der Waals surface area contributed by atoms with E-state index in [1.165, 1.54) is 12.4 Å². The summed E-state index contributed by atoms with van der Waals surface area (Å²) in [6.07, 6.45) is 2.73. The van der Waals surface area contributed by atoms with Gasteiger partial charge in [0.25, 0.3) is 5.91 Å². The van der Waals surface area contributed by atoms with Gasteiger partial charge >= 0.3 is 5.97 Å². The number of rotatable bonds is 6. The number of esters is 1. The van der Waals surface area contributed by atoms with Crippen LogP contribution >= 0.6 is 0 Å². The number of aryl methyl sites for hydroxylation is 1. The molecule has 0 radical (unpaired) electrons. The number of carbonyl (C=O) groups excluding carboxylic acids is 2. The molecule has 0 saturated heterocycles. The van der Waals surface area contributed by atoms with Crippen molar-refractivity contribution in [1.82, 2.24) is 15.1 Å². The molecule has 3 rings (SSSR count). The molecule has 9 nitrogen and oxygen atoms in total. The van der Waals surface area contributed by atoms with Crippen LogP contribution in [0.1, 0.15) is 33.4 Å². The third-order valence-electron chi connectivity index (χ3n) is 3.45. The van der Waals surface area contributed by atoms with Gasteiger partial charge in [-0.1, -0.05) is 17.3 Å². The second-order valence-corrected chi connectivity index (χ2v) is 5.46. The summed E-state index contributed by atoms with van der Waals surface area (Å²) in [5.74, 6) is 0.427. The molecule has 3 aromatic rings. The molecule has 0 saturated carbocycles. The molecule has 0 atom stereocenters. The van der Waals surface area contributed by atoms with Crippen LogP contribution in [0.3, 0.4) is 0 Å². The van der Waals surface area contributed by atoms with E-state index in [1.54, 1.807) is 44.2 Å². The molecule has 2 aromatic heterocycles. The lowest BCUT2D eigenvalue weighted by atomic mass is 10.1. The molecule has 0 aliphatic heterocycles. The van der Waals surface area contributed by atoms with E-state index in [0.717, 1.165) is 0 Å². The van der Waals surface area contributed by atoms with Gasteiger partial charge in [-0.25, -0.2) is 14.8 Å². The summed E-state index contributed by atoms with van der Waals surface area (Å²) in [7, 11) is 0. The first-order valence-corrected chi connectivity index (χ1v) is 8.16. The summed E-state index contributed by atoms with van der Waals surface area (Å²) >= 11 is 0. The minimum absolute atomic E-state index is 0.232. The van der Waals surface area contributed by atoms with Crippen molar-refractivity contribution in [3.05, 3.63) is 59.6 Å². The first-order valence-electron chi connectivity index (χ1n) is 8.16. The van der Waals surface area contributed by atoms with Crippen LogP contribution in [0.5, 0.6) is 0 Å². The van der Waals surface area contributed by atoms with Gasteiger partial charge in [0.05, 0.1) is 23.4 Å². The molecule has 27 heavy (non-hydrogen) atoms. The Morgan fingerprint density at radius 2 is 1.93 bits per heavy atom. The van der Waals surface area contributed by atoms with Crippen LogP contribution in [0.15, 0.2) is 47.2 Å². The fraction of sp³-hybridized carbons (Fsp3) is 0.167. The molecule has 0 aliphatic carbocycles. The van der Waals surface area contributed by atoms with Crippen molar-refractivity contribution in [1.29, 1.82) is 0 Å². The maximum absolute atomic E-state index is 12.4. The summed E-state index contributed by atoms with van der Waals surface area (Å²) in [5, 5.41) is 9.31. The number of anilines is 3. The third-order valence-corrected chi connectivity index (χ3v) is 3.45. The van der Waals surface area contributed by atoms with Gasteiger partial charge in [-0.3, -0.25) is 4.79 Å². The SMILES string of the molecule is CCOC(=O)c1ccccc1NC(=O)c1cnc(Nc2cc(C)on2)nc1. The van der Waals surface area contributed by atoms with Crippen LogP contribution in [0.4, 0.5) is 17.5 Å². The fourth-order valence-corrected chi connectivity index (χ4v) is 2.22. The number of amides is 1. The number of ether oxygens (including phenoxy) is 1. The summed E-state index contributed by atoms with van der Waals surface area (Å²) < 4.78 is 9.94. The summed E-state index contributed by atoms with van der Waals surface area (Å²) in [6, 6.07) is 8.29. The van der Waals surface area contributed by atoms with Crippen molar-refractivity contribution in [2.75, 3.05) is 17.2 Å². The average Bonchev–Trinajstić information content (AvgIpc) is 3.07. The summed E-state index contributed by atoms with van der Waals surface area (Å²) in [6.45, 7) is 3.72. The van der Waals surface area contributed by atoms with Gasteiger partial charge in [0.15, 0.2) is 5.82 Å². The largest absolute Gasteiger partial charge is 0.462 e. The monoisotopic (exact) mass is 367 g/mol. The lowest BCUT2D eigenvalue weighted by Gasteiger charge is -2.10. The van der Waals surface area contributed by atoms with Crippen LogP contribution in [0.25, 0.3) is 0 Å². The van der Waals surface area contributed by atoms with E-state index >= 15 is 0 Å². The van der Waals surface area contributed by atoms with E-state index in [-0.39, 0.29) is 23.7 Å². The number of benzene rings is 1. The molecule has 0 unspecified atom stereocenters. The molecule has 0 aliphatic rings. The molecule has 2 heterocycles. The van der Waals surface area contributed by atoms with Gasteiger partial charge in [-0.15, -0.1) is 0 Å². The number of para-hydroxylation sites is 1. The standard InChI is InChI=1S/C18H17N5O4/c1-3-26-17(25)13-6-4-5-7-14(13)21-16(24)12-9-19-18(20-10-12)22-15-8-11(2)27-23-15/h4-10H,3H2,1-2H3,(H,21,24)(H,19,20,22,23). The zero-order chi connectivity index (χ0) is 19.2. The van der Waals surface area contributed by atoms with Gasteiger partial charge in [0.1, 0.15) is 5.76 Å². The van der Waals surface area contributed by atoms with E-state index in [0.29, 0.717) is 17.3 Å². The Hall–Kier alpha value is -3.75. The number of carbonyl (C=O) groups is 2. The third kappa shape index (κ3) is 4.46. The number of nitrogens with zero attached hydrogens (tertiary/aromatic N) is 3. The van der Waals surface area contributed by atoms with Gasteiger partial charge in [0.2, 0.25) is 5.95 Å². The normalized spacial score (nSPS) is 10.3. The zero-order valence-electron chi connectivity index (χ0n) is 14.7. The number of nitrogens with one attached hydrogen (secondary N) is 2. The van der Waals surface area contributed by atoms with Gasteiger partial charge in [-0.05, 0) is 26.0 Å². The fourth-order valence-electron chi connectivity index (χ4n) is 2.22. The highest BCUT2D eigenvalue weighted by molar-refractivity contribution is 6.07. The van der Waals surface area contributed by atoms with Crippen LogP contribution < -0.4 is 10.6 Å². The highest BCUT2D eigenvalue weighted by atomic mass is 16.5. The summed E-state index contributed by atoms with van der Waals surface area (Å²) in [5.41, 5.74) is 0.852. The minimum Gasteiger partial charge on any atom is -0.462 e. The molecule has 9 heteroatoms. The first kappa shape index (κ1) is 18.1. The van der Waals surface area contributed by atoms with Crippen molar-refractivity contribution < 1.29 is 18.8 Å². The molecule has 2 N–H and O–H groups in total. The number of hydrogen-bond acceptors (Lipinski definition) is 8. The van der Waals surface area contributed by atoms with Crippen molar-refractivity contribution in [2.45, 2.75) is 13.8 Å². The smallest absolute Gasteiger partial charge is 0.340 e. The van der Waals surface area contributed by atoms with Crippen molar-refractivity contribution in [3.63, 3.8) is 0 Å². The van der Waals surface area contributed by atoms with Crippen LogP contribution in [-0.2, 0) is 4.74 Å². The Morgan fingerprint density at radius 3 is 2.59 bits per heavy atom. The highest BCUT2D eigenvalue weighted by Crippen LogP contribution is 2.18. The quantitative estimate of drug-likeness (QED) is 0.638. The molecule has 138 valence electrons. The van der Waals surface area contributed by atoms with Crippen molar-refractivity contribution >= 4 is 29.3 Å². The van der Waals surface area contributed by atoms with Gasteiger partial charge in [-0.2, -0.15) is 0 Å². The molecule has 1 aromatic carbocycles. The van der Waals surface area contributed by atoms with Gasteiger partial charge < -0.3 is 19.9 Å². The molecule has 0 bridgehead atoms. The average molecular weight is 367 g/mol. The maximum atomic E-state index is 12.4. The predicted molar refractivity (Wildman–Crippen MR) is 96.9 cm³/mol.